The van der Waals surface area contributed by atoms with Crippen LogP contribution >= 0.6 is 17.0 Å². The van der Waals surface area contributed by atoms with Crippen molar-refractivity contribution in [2.45, 2.75) is 154 Å². The number of halogens is 1. The van der Waals surface area contributed by atoms with Crippen molar-refractivity contribution in [1.29, 1.82) is 0 Å². The molecule has 184 valence electrons. The molecule has 0 aromatic carbocycles. The predicted molar refractivity (Wildman–Crippen MR) is 140 cm³/mol. The number of hydrogen-bond acceptors (Lipinski definition) is 2. The summed E-state index contributed by atoms with van der Waals surface area (Å²) in [5.74, 6) is 3.33. The molecule has 4 aliphatic carbocycles. The minimum Gasteiger partial charge on any atom is -0.372 e. The first kappa shape index (κ1) is 27.6. The number of ether oxygens (including phenoxy) is 1. The SMILES string of the molecule is Br.CCCCCCCCCCCCC(C(C)OC12CC3CC(CC(C3)C1)C2)C(C)(C)N. The Morgan fingerprint density at radius 2 is 1.23 bits per heavy atom. The Kier molecular flexibility index (Phi) is 11.4. The van der Waals surface area contributed by atoms with Crippen molar-refractivity contribution in [3.63, 3.8) is 0 Å². The van der Waals surface area contributed by atoms with Gasteiger partial charge in [-0.05, 0) is 83.5 Å². The van der Waals surface area contributed by atoms with Crippen LogP contribution in [0.2, 0.25) is 0 Å². The van der Waals surface area contributed by atoms with Gasteiger partial charge < -0.3 is 10.5 Å². The molecule has 4 aliphatic rings. The standard InChI is InChI=1S/C28H53NO.BrH/c1-5-6-7-8-9-10-11-12-13-14-15-26(27(3,4)29)22(2)30-28-19-23-16-24(20-28)18-25(17-23)21-28;/h22-26H,5-21,29H2,1-4H3;1H. The second-order valence-corrected chi connectivity index (χ2v) is 12.3. The third kappa shape index (κ3) is 8.29. The van der Waals surface area contributed by atoms with Gasteiger partial charge in [-0.15, -0.1) is 17.0 Å². The number of unbranched alkanes of at least 4 members (excludes halogenated alkanes) is 9. The smallest absolute Gasteiger partial charge is 0.0694 e. The van der Waals surface area contributed by atoms with Crippen molar-refractivity contribution >= 4 is 17.0 Å². The maximum atomic E-state index is 7.00. The number of hydrogen-bond donors (Lipinski definition) is 1. The van der Waals surface area contributed by atoms with Crippen LogP contribution in [0, 0.1) is 23.7 Å². The Bertz CT molecular complexity index is 464. The topological polar surface area (TPSA) is 35.2 Å². The van der Waals surface area contributed by atoms with E-state index in [1.54, 1.807) is 0 Å². The van der Waals surface area contributed by atoms with Gasteiger partial charge in [-0.3, -0.25) is 0 Å². The Morgan fingerprint density at radius 3 is 1.65 bits per heavy atom. The molecule has 4 fully saturated rings. The highest BCUT2D eigenvalue weighted by Crippen LogP contribution is 2.57. The van der Waals surface area contributed by atoms with Crippen LogP contribution in [0.4, 0.5) is 0 Å². The summed E-state index contributed by atoms with van der Waals surface area (Å²) in [6.07, 6.45) is 24.0. The molecule has 0 aromatic heterocycles. The second-order valence-electron chi connectivity index (χ2n) is 12.3. The molecule has 0 radical (unpaired) electrons. The summed E-state index contributed by atoms with van der Waals surface area (Å²) in [7, 11) is 0. The lowest BCUT2D eigenvalue weighted by atomic mass is 9.54. The van der Waals surface area contributed by atoms with Crippen LogP contribution in [0.5, 0.6) is 0 Å². The van der Waals surface area contributed by atoms with Gasteiger partial charge >= 0.3 is 0 Å². The molecule has 2 atom stereocenters. The van der Waals surface area contributed by atoms with Gasteiger partial charge in [-0.25, -0.2) is 0 Å². The molecule has 4 rings (SSSR count). The van der Waals surface area contributed by atoms with Crippen molar-refractivity contribution in [2.24, 2.45) is 29.4 Å². The zero-order valence-electron chi connectivity index (χ0n) is 21.3. The van der Waals surface area contributed by atoms with Gasteiger partial charge in [0.2, 0.25) is 0 Å². The number of nitrogens with two attached hydrogens (primary N) is 1. The first-order valence-electron chi connectivity index (χ1n) is 13.8. The van der Waals surface area contributed by atoms with Crippen LogP contribution in [0.3, 0.4) is 0 Å². The first-order valence-corrected chi connectivity index (χ1v) is 13.8. The van der Waals surface area contributed by atoms with Gasteiger partial charge in [0.1, 0.15) is 0 Å². The largest absolute Gasteiger partial charge is 0.372 e. The van der Waals surface area contributed by atoms with E-state index in [0.29, 0.717) is 12.0 Å². The van der Waals surface area contributed by atoms with E-state index < -0.39 is 0 Å². The molecule has 3 heteroatoms. The fourth-order valence-electron chi connectivity index (χ4n) is 7.72. The molecule has 0 spiro atoms. The van der Waals surface area contributed by atoms with Gasteiger partial charge in [0.15, 0.2) is 0 Å². The van der Waals surface area contributed by atoms with Crippen molar-refractivity contribution < 1.29 is 4.74 Å². The van der Waals surface area contributed by atoms with Gasteiger partial charge in [0, 0.05) is 11.5 Å². The van der Waals surface area contributed by atoms with E-state index >= 15 is 0 Å². The van der Waals surface area contributed by atoms with Crippen LogP contribution < -0.4 is 5.73 Å². The summed E-state index contributed by atoms with van der Waals surface area (Å²) in [6, 6.07) is 0. The summed E-state index contributed by atoms with van der Waals surface area (Å²) >= 11 is 0. The van der Waals surface area contributed by atoms with E-state index in [2.05, 4.69) is 27.7 Å². The van der Waals surface area contributed by atoms with E-state index in [1.807, 2.05) is 0 Å². The molecule has 0 aromatic rings. The molecule has 0 saturated heterocycles. The molecule has 4 saturated carbocycles. The molecule has 4 bridgehead atoms. The molecular formula is C28H54BrNO. The van der Waals surface area contributed by atoms with Crippen molar-refractivity contribution in [3.05, 3.63) is 0 Å². The first-order chi connectivity index (χ1) is 14.3. The molecule has 0 amide bonds. The second kappa shape index (κ2) is 12.7. The minimum atomic E-state index is -0.152. The van der Waals surface area contributed by atoms with Gasteiger partial charge in [-0.1, -0.05) is 71.1 Å². The minimum absolute atomic E-state index is 0. The normalized spacial score (nSPS) is 31.5. The predicted octanol–water partition coefficient (Wildman–Crippen LogP) is 8.60. The third-order valence-corrected chi connectivity index (χ3v) is 8.81. The third-order valence-electron chi connectivity index (χ3n) is 8.81. The van der Waals surface area contributed by atoms with Gasteiger partial charge in [-0.2, -0.15) is 0 Å². The summed E-state index contributed by atoms with van der Waals surface area (Å²) in [4.78, 5) is 0. The Hall–Kier alpha value is 0.400. The summed E-state index contributed by atoms with van der Waals surface area (Å²) in [5, 5.41) is 0. The maximum absolute atomic E-state index is 7.00. The number of rotatable bonds is 15. The monoisotopic (exact) mass is 499 g/mol. The van der Waals surface area contributed by atoms with Gasteiger partial charge in [0.25, 0.3) is 0 Å². The van der Waals surface area contributed by atoms with E-state index in [1.165, 1.54) is 109 Å². The lowest BCUT2D eigenvalue weighted by molar-refractivity contribution is -0.198. The molecule has 0 aliphatic heterocycles. The fraction of sp³-hybridized carbons (Fsp3) is 1.00. The van der Waals surface area contributed by atoms with E-state index in [4.69, 9.17) is 10.5 Å². The Balaban J connectivity index is 0.00000341. The van der Waals surface area contributed by atoms with Crippen LogP contribution in [0.15, 0.2) is 0 Å². The van der Waals surface area contributed by atoms with Crippen LogP contribution in [-0.2, 0) is 4.74 Å². The average Bonchev–Trinajstić information content (AvgIpc) is 2.63. The molecule has 0 heterocycles. The van der Waals surface area contributed by atoms with E-state index in [9.17, 15) is 0 Å². The van der Waals surface area contributed by atoms with Crippen LogP contribution in [0.25, 0.3) is 0 Å². The van der Waals surface area contributed by atoms with Crippen LogP contribution in [-0.4, -0.2) is 17.2 Å². The summed E-state index contributed by atoms with van der Waals surface area (Å²) in [5.41, 5.74) is 6.74. The maximum Gasteiger partial charge on any atom is 0.0694 e. The quantitative estimate of drug-likeness (QED) is 0.229. The molecule has 31 heavy (non-hydrogen) atoms. The fourth-order valence-corrected chi connectivity index (χ4v) is 7.72. The highest BCUT2D eigenvalue weighted by atomic mass is 79.9. The zero-order chi connectivity index (χ0) is 21.6. The van der Waals surface area contributed by atoms with Crippen LogP contribution in [0.1, 0.15) is 137 Å². The van der Waals surface area contributed by atoms with E-state index in [0.717, 1.165) is 17.8 Å². The highest BCUT2D eigenvalue weighted by Gasteiger charge is 2.52. The molecule has 2 unspecified atom stereocenters. The Labute approximate surface area is 205 Å². The highest BCUT2D eigenvalue weighted by molar-refractivity contribution is 8.93. The van der Waals surface area contributed by atoms with Crippen molar-refractivity contribution in [1.82, 2.24) is 0 Å². The van der Waals surface area contributed by atoms with E-state index in [-0.39, 0.29) is 28.1 Å². The molecule has 2 N–H and O–H groups in total. The summed E-state index contributed by atoms with van der Waals surface area (Å²) < 4.78 is 7.00. The van der Waals surface area contributed by atoms with Crippen molar-refractivity contribution in [3.8, 4) is 0 Å². The Morgan fingerprint density at radius 1 is 0.806 bits per heavy atom. The van der Waals surface area contributed by atoms with Gasteiger partial charge in [0.05, 0.1) is 11.7 Å². The van der Waals surface area contributed by atoms with Crippen molar-refractivity contribution in [2.75, 3.05) is 0 Å². The average molecular weight is 501 g/mol. The lowest BCUT2D eigenvalue weighted by Gasteiger charge is -2.57. The zero-order valence-corrected chi connectivity index (χ0v) is 23.0. The summed E-state index contributed by atoms with van der Waals surface area (Å²) in [6.45, 7) is 9.10. The molecule has 2 nitrogen and oxygen atoms in total. The molecular weight excluding hydrogens is 446 g/mol. The lowest BCUT2D eigenvalue weighted by Crippen LogP contribution is -2.55.